The van der Waals surface area contributed by atoms with Gasteiger partial charge in [-0.15, -0.1) is 0 Å². The highest BCUT2D eigenvalue weighted by molar-refractivity contribution is 6.30. The number of nitrogens with one attached hydrogen (secondary N) is 3. The molecule has 0 radical (unpaired) electrons. The molecule has 0 aliphatic rings. The van der Waals surface area contributed by atoms with E-state index in [1.807, 2.05) is 72.8 Å². The molecule has 0 spiro atoms. The largest absolute Gasteiger partial charge is 0.324 e. The number of anilines is 5. The van der Waals surface area contributed by atoms with E-state index in [1.165, 1.54) is 0 Å². The Morgan fingerprint density at radius 3 is 1.67 bits per heavy atom. The van der Waals surface area contributed by atoms with Crippen molar-refractivity contribution < 1.29 is 0 Å². The fraction of sp³-hybridized carbons (Fsp3) is 0. The summed E-state index contributed by atoms with van der Waals surface area (Å²) in [6, 6.07) is 26.7. The fourth-order valence-electron chi connectivity index (χ4n) is 2.55. The fourth-order valence-corrected chi connectivity index (χ4v) is 2.68. The topological polar surface area (TPSA) is 87.1 Å². The molecule has 0 aliphatic carbocycles. The molecular formula is C22H18ClN7. The average molecular weight is 416 g/mol. The van der Waals surface area contributed by atoms with Crippen LogP contribution in [0.5, 0.6) is 0 Å². The molecule has 30 heavy (non-hydrogen) atoms. The molecule has 0 saturated heterocycles. The standard InChI is InChI=1S/C22H18ClN7/c23-17-13-11-16(12-14-17)15-24-30-22-28-20(25-18-7-3-1-4-8-18)27-21(29-22)26-19-9-5-2-6-10-19/h1-15H,(H3,25,26,27,28,29,30)/b24-15-. The summed E-state index contributed by atoms with van der Waals surface area (Å²) >= 11 is 5.91. The summed E-state index contributed by atoms with van der Waals surface area (Å²) in [5, 5.41) is 11.2. The summed E-state index contributed by atoms with van der Waals surface area (Å²) in [6.07, 6.45) is 1.66. The first-order valence-corrected chi connectivity index (χ1v) is 9.57. The molecule has 0 saturated carbocycles. The number of benzene rings is 3. The number of rotatable bonds is 7. The van der Waals surface area contributed by atoms with Gasteiger partial charge in [0.05, 0.1) is 6.21 Å². The van der Waals surface area contributed by atoms with Crippen LogP contribution in [0, 0.1) is 0 Å². The zero-order valence-corrected chi connectivity index (χ0v) is 16.6. The number of hydrogen-bond acceptors (Lipinski definition) is 7. The van der Waals surface area contributed by atoms with E-state index >= 15 is 0 Å². The number of hydrogen-bond donors (Lipinski definition) is 3. The van der Waals surface area contributed by atoms with Gasteiger partial charge in [-0.2, -0.15) is 20.1 Å². The first-order chi connectivity index (χ1) is 14.7. The lowest BCUT2D eigenvalue weighted by Crippen LogP contribution is -2.07. The van der Waals surface area contributed by atoms with Gasteiger partial charge in [0.1, 0.15) is 0 Å². The third-order valence-corrected chi connectivity index (χ3v) is 4.20. The molecule has 4 rings (SSSR count). The Kier molecular flexibility index (Phi) is 6.12. The Labute approximate surface area is 178 Å². The number of para-hydroxylation sites is 2. The Morgan fingerprint density at radius 1 is 0.633 bits per heavy atom. The number of aromatic nitrogens is 3. The van der Waals surface area contributed by atoms with Crippen molar-refractivity contribution in [2.75, 3.05) is 16.1 Å². The molecule has 0 unspecified atom stereocenters. The van der Waals surface area contributed by atoms with Gasteiger partial charge in [0, 0.05) is 16.4 Å². The van der Waals surface area contributed by atoms with Crippen LogP contribution < -0.4 is 16.1 Å². The molecule has 1 heterocycles. The highest BCUT2D eigenvalue weighted by Crippen LogP contribution is 2.18. The third-order valence-electron chi connectivity index (χ3n) is 3.94. The van der Waals surface area contributed by atoms with Crippen molar-refractivity contribution in [3.8, 4) is 0 Å². The third kappa shape index (κ3) is 5.52. The minimum atomic E-state index is 0.298. The van der Waals surface area contributed by atoms with Gasteiger partial charge in [-0.1, -0.05) is 60.1 Å². The second-order valence-electron chi connectivity index (χ2n) is 6.21. The molecular weight excluding hydrogens is 398 g/mol. The SMILES string of the molecule is Clc1ccc(/C=N\Nc2nc(Nc3ccccc3)nc(Nc3ccccc3)n2)cc1. The van der Waals surface area contributed by atoms with E-state index in [-0.39, 0.29) is 0 Å². The van der Waals surface area contributed by atoms with Gasteiger partial charge in [-0.3, -0.25) is 0 Å². The van der Waals surface area contributed by atoms with Crippen molar-refractivity contribution >= 4 is 47.0 Å². The highest BCUT2D eigenvalue weighted by atomic mass is 35.5. The lowest BCUT2D eigenvalue weighted by atomic mass is 10.2. The van der Waals surface area contributed by atoms with Gasteiger partial charge in [-0.05, 0) is 42.0 Å². The van der Waals surface area contributed by atoms with Crippen LogP contribution in [0.2, 0.25) is 5.02 Å². The van der Waals surface area contributed by atoms with Crippen molar-refractivity contribution in [3.63, 3.8) is 0 Å². The molecule has 0 fully saturated rings. The molecule has 0 atom stereocenters. The summed E-state index contributed by atoms with van der Waals surface area (Å²) in [7, 11) is 0. The van der Waals surface area contributed by atoms with Crippen molar-refractivity contribution in [3.05, 3.63) is 95.5 Å². The first kappa shape index (κ1) is 19.4. The maximum atomic E-state index is 5.91. The van der Waals surface area contributed by atoms with Gasteiger partial charge < -0.3 is 10.6 Å². The second-order valence-corrected chi connectivity index (χ2v) is 6.65. The summed E-state index contributed by atoms with van der Waals surface area (Å²) < 4.78 is 0. The maximum Gasteiger partial charge on any atom is 0.250 e. The number of hydrazone groups is 1. The van der Waals surface area contributed by atoms with Gasteiger partial charge in [0.25, 0.3) is 0 Å². The zero-order chi connectivity index (χ0) is 20.6. The normalized spacial score (nSPS) is 10.7. The monoisotopic (exact) mass is 415 g/mol. The Balaban J connectivity index is 1.56. The van der Waals surface area contributed by atoms with E-state index in [4.69, 9.17) is 11.6 Å². The van der Waals surface area contributed by atoms with E-state index in [0.717, 1.165) is 16.9 Å². The van der Waals surface area contributed by atoms with Crippen LogP contribution in [0.3, 0.4) is 0 Å². The average Bonchev–Trinajstić information content (AvgIpc) is 2.76. The minimum absolute atomic E-state index is 0.298. The van der Waals surface area contributed by atoms with Crippen LogP contribution in [-0.2, 0) is 0 Å². The second kappa shape index (κ2) is 9.49. The molecule has 7 nitrogen and oxygen atoms in total. The van der Waals surface area contributed by atoms with Crippen LogP contribution in [0.4, 0.5) is 29.2 Å². The predicted octanol–water partition coefficient (Wildman–Crippen LogP) is 5.46. The molecule has 148 valence electrons. The van der Waals surface area contributed by atoms with E-state index < -0.39 is 0 Å². The van der Waals surface area contributed by atoms with E-state index in [1.54, 1.807) is 18.3 Å². The van der Waals surface area contributed by atoms with Crippen molar-refractivity contribution in [2.24, 2.45) is 5.10 Å². The smallest absolute Gasteiger partial charge is 0.250 e. The molecule has 4 aromatic rings. The number of nitrogens with zero attached hydrogens (tertiary/aromatic N) is 4. The van der Waals surface area contributed by atoms with Gasteiger partial charge >= 0.3 is 0 Å². The van der Waals surface area contributed by atoms with Crippen LogP contribution in [0.15, 0.2) is 90.0 Å². The summed E-state index contributed by atoms with van der Waals surface area (Å²) in [6.45, 7) is 0. The molecule has 3 N–H and O–H groups in total. The predicted molar refractivity (Wildman–Crippen MR) is 122 cm³/mol. The van der Waals surface area contributed by atoms with Crippen LogP contribution >= 0.6 is 11.6 Å². The lowest BCUT2D eigenvalue weighted by Gasteiger charge is -2.10. The van der Waals surface area contributed by atoms with E-state index in [9.17, 15) is 0 Å². The van der Waals surface area contributed by atoms with Crippen LogP contribution in [0.25, 0.3) is 0 Å². The van der Waals surface area contributed by atoms with Gasteiger partial charge in [0.15, 0.2) is 0 Å². The van der Waals surface area contributed by atoms with Crippen molar-refractivity contribution in [1.29, 1.82) is 0 Å². The van der Waals surface area contributed by atoms with Gasteiger partial charge in [-0.25, -0.2) is 5.43 Å². The first-order valence-electron chi connectivity index (χ1n) is 9.19. The maximum absolute atomic E-state index is 5.91. The molecule has 8 heteroatoms. The number of halogens is 1. The van der Waals surface area contributed by atoms with Gasteiger partial charge in [0.2, 0.25) is 17.8 Å². The molecule has 0 bridgehead atoms. The highest BCUT2D eigenvalue weighted by Gasteiger charge is 2.07. The molecule has 3 aromatic carbocycles. The molecule has 0 aliphatic heterocycles. The summed E-state index contributed by atoms with van der Waals surface area (Å²) in [5.74, 6) is 1.07. The van der Waals surface area contributed by atoms with Crippen molar-refractivity contribution in [1.82, 2.24) is 15.0 Å². The van der Waals surface area contributed by atoms with E-state index in [0.29, 0.717) is 22.9 Å². The molecule has 1 aromatic heterocycles. The van der Waals surface area contributed by atoms with Crippen LogP contribution in [0.1, 0.15) is 5.56 Å². The quantitative estimate of drug-likeness (QED) is 0.274. The van der Waals surface area contributed by atoms with Crippen LogP contribution in [-0.4, -0.2) is 21.2 Å². The Morgan fingerprint density at radius 2 is 1.13 bits per heavy atom. The van der Waals surface area contributed by atoms with Crippen molar-refractivity contribution in [2.45, 2.75) is 0 Å². The Bertz CT molecular complexity index is 1060. The minimum Gasteiger partial charge on any atom is -0.324 e. The Hall–Kier alpha value is -3.97. The zero-order valence-electron chi connectivity index (χ0n) is 15.8. The molecule has 0 amide bonds. The van der Waals surface area contributed by atoms with E-state index in [2.05, 4.69) is 36.1 Å². The summed E-state index contributed by atoms with van der Waals surface area (Å²) in [4.78, 5) is 13.2. The summed E-state index contributed by atoms with van der Waals surface area (Å²) in [5.41, 5.74) is 5.48. The lowest BCUT2D eigenvalue weighted by molar-refractivity contribution is 1.04.